The minimum atomic E-state index is -0.192. The maximum absolute atomic E-state index is 11.8. The summed E-state index contributed by atoms with van der Waals surface area (Å²) < 4.78 is 0. The summed E-state index contributed by atoms with van der Waals surface area (Å²) in [4.78, 5) is 11.7. The zero-order valence-electron chi connectivity index (χ0n) is 10.3. The number of amides is 1. The summed E-state index contributed by atoms with van der Waals surface area (Å²) in [7, 11) is 0. The van der Waals surface area contributed by atoms with Crippen molar-refractivity contribution in [3.63, 3.8) is 0 Å². The summed E-state index contributed by atoms with van der Waals surface area (Å²) in [6.07, 6.45) is 0. The molecular weight excluding hydrogens is 302 g/mol. The minimum Gasteiger partial charge on any atom is -0.351 e. The van der Waals surface area contributed by atoms with Crippen LogP contribution in [0.25, 0.3) is 0 Å². The minimum absolute atomic E-state index is 0.00690. The van der Waals surface area contributed by atoms with Gasteiger partial charge < -0.3 is 5.32 Å². The molecule has 1 atom stereocenters. The van der Waals surface area contributed by atoms with Gasteiger partial charge in [-0.3, -0.25) is 4.79 Å². The molecular formula is C13H17BrClNO. The van der Waals surface area contributed by atoms with E-state index in [0.29, 0.717) is 11.6 Å². The molecule has 1 amide bonds. The summed E-state index contributed by atoms with van der Waals surface area (Å²) in [5.41, 5.74) is 0.945. The molecule has 1 N–H and O–H groups in total. The van der Waals surface area contributed by atoms with E-state index in [-0.39, 0.29) is 16.1 Å². The molecule has 0 spiro atoms. The monoisotopic (exact) mass is 317 g/mol. The zero-order chi connectivity index (χ0) is 13.1. The van der Waals surface area contributed by atoms with Crippen LogP contribution in [0, 0.1) is 5.41 Å². The molecule has 17 heavy (non-hydrogen) atoms. The summed E-state index contributed by atoms with van der Waals surface area (Å²) in [6.45, 7) is 6.59. The highest BCUT2D eigenvalue weighted by atomic mass is 79.9. The number of halogens is 2. The maximum atomic E-state index is 11.8. The molecule has 0 saturated carbocycles. The molecule has 0 aliphatic heterocycles. The van der Waals surface area contributed by atoms with Crippen molar-refractivity contribution in [3.8, 4) is 0 Å². The average Bonchev–Trinajstić information content (AvgIpc) is 2.25. The molecule has 1 unspecified atom stereocenters. The second-order valence-electron chi connectivity index (χ2n) is 5.07. The molecule has 0 heterocycles. The van der Waals surface area contributed by atoms with Crippen molar-refractivity contribution in [1.29, 1.82) is 0 Å². The van der Waals surface area contributed by atoms with Gasteiger partial charge in [-0.25, -0.2) is 0 Å². The van der Waals surface area contributed by atoms with E-state index in [1.807, 2.05) is 45.0 Å². The SMILES string of the molecule is CC(C)(C)C(Br)C(=O)NCc1ccc(Cl)cc1. The van der Waals surface area contributed by atoms with Gasteiger partial charge in [0.25, 0.3) is 0 Å². The molecule has 0 saturated heterocycles. The van der Waals surface area contributed by atoms with Crippen LogP contribution < -0.4 is 5.32 Å². The predicted octanol–water partition coefficient (Wildman–Crippen LogP) is 3.77. The fourth-order valence-corrected chi connectivity index (χ4v) is 1.56. The first-order valence-electron chi connectivity index (χ1n) is 5.47. The molecule has 2 nitrogen and oxygen atoms in total. The third kappa shape index (κ3) is 4.68. The molecule has 0 bridgehead atoms. The van der Waals surface area contributed by atoms with Crippen LogP contribution in [0.15, 0.2) is 24.3 Å². The van der Waals surface area contributed by atoms with E-state index in [9.17, 15) is 4.79 Å². The molecule has 1 aromatic rings. The van der Waals surface area contributed by atoms with Crippen molar-refractivity contribution in [2.45, 2.75) is 32.1 Å². The Hall–Kier alpha value is -0.540. The molecule has 1 aromatic carbocycles. The van der Waals surface area contributed by atoms with Crippen LogP contribution in [0.5, 0.6) is 0 Å². The van der Waals surface area contributed by atoms with Gasteiger partial charge in [0.05, 0.1) is 4.83 Å². The molecule has 0 aromatic heterocycles. The molecule has 0 fully saturated rings. The van der Waals surface area contributed by atoms with E-state index in [4.69, 9.17) is 11.6 Å². The lowest BCUT2D eigenvalue weighted by atomic mass is 9.92. The fourth-order valence-electron chi connectivity index (χ4n) is 1.27. The Morgan fingerprint density at radius 1 is 1.35 bits per heavy atom. The van der Waals surface area contributed by atoms with Crippen LogP contribution in [0.3, 0.4) is 0 Å². The summed E-state index contributed by atoms with van der Waals surface area (Å²) in [6, 6.07) is 7.45. The lowest BCUT2D eigenvalue weighted by Gasteiger charge is -2.24. The highest BCUT2D eigenvalue weighted by Gasteiger charge is 2.28. The number of hydrogen-bond donors (Lipinski definition) is 1. The first kappa shape index (κ1) is 14.5. The van der Waals surface area contributed by atoms with Crippen molar-refractivity contribution in [1.82, 2.24) is 5.32 Å². The van der Waals surface area contributed by atoms with Crippen LogP contribution in [0.1, 0.15) is 26.3 Å². The number of hydrogen-bond acceptors (Lipinski definition) is 1. The van der Waals surface area contributed by atoms with E-state index in [2.05, 4.69) is 21.2 Å². The third-order valence-corrected chi connectivity index (χ3v) is 4.41. The van der Waals surface area contributed by atoms with Gasteiger partial charge >= 0.3 is 0 Å². The summed E-state index contributed by atoms with van der Waals surface area (Å²) >= 11 is 9.21. The molecule has 0 aliphatic carbocycles. The highest BCUT2D eigenvalue weighted by Crippen LogP contribution is 2.26. The van der Waals surface area contributed by atoms with Crippen LogP contribution in [0.4, 0.5) is 0 Å². The number of alkyl halides is 1. The van der Waals surface area contributed by atoms with E-state index in [1.54, 1.807) is 0 Å². The Bertz CT molecular complexity index is 383. The highest BCUT2D eigenvalue weighted by molar-refractivity contribution is 9.10. The van der Waals surface area contributed by atoms with Crippen molar-refractivity contribution in [2.75, 3.05) is 0 Å². The van der Waals surface area contributed by atoms with Gasteiger partial charge in [-0.05, 0) is 23.1 Å². The lowest BCUT2D eigenvalue weighted by Crippen LogP contribution is -2.38. The zero-order valence-corrected chi connectivity index (χ0v) is 12.6. The van der Waals surface area contributed by atoms with Gasteiger partial charge in [0.2, 0.25) is 5.91 Å². The smallest absolute Gasteiger partial charge is 0.234 e. The third-order valence-electron chi connectivity index (χ3n) is 2.37. The average molecular weight is 319 g/mol. The number of rotatable bonds is 3. The second-order valence-corrected chi connectivity index (χ2v) is 6.42. The van der Waals surface area contributed by atoms with Crippen LogP contribution >= 0.6 is 27.5 Å². The summed E-state index contributed by atoms with van der Waals surface area (Å²) in [5, 5.41) is 3.60. The van der Waals surface area contributed by atoms with Gasteiger partial charge in [-0.2, -0.15) is 0 Å². The van der Waals surface area contributed by atoms with Crippen LogP contribution in [-0.4, -0.2) is 10.7 Å². The number of carbonyl (C=O) groups excluding carboxylic acids is 1. The first-order chi connectivity index (χ1) is 7.80. The lowest BCUT2D eigenvalue weighted by molar-refractivity contribution is -0.122. The van der Waals surface area contributed by atoms with Gasteiger partial charge in [-0.1, -0.05) is 60.4 Å². The normalized spacial score (nSPS) is 13.2. The quantitative estimate of drug-likeness (QED) is 0.845. The Labute approximate surface area is 116 Å². The van der Waals surface area contributed by atoms with Gasteiger partial charge in [0, 0.05) is 11.6 Å². The van der Waals surface area contributed by atoms with Crippen molar-refractivity contribution < 1.29 is 4.79 Å². The van der Waals surface area contributed by atoms with Gasteiger partial charge in [0.15, 0.2) is 0 Å². The standard InChI is InChI=1S/C13H17BrClNO/c1-13(2,3)11(14)12(17)16-8-9-4-6-10(15)7-5-9/h4-7,11H,8H2,1-3H3,(H,16,17). The van der Waals surface area contributed by atoms with Crippen molar-refractivity contribution in [2.24, 2.45) is 5.41 Å². The molecule has 94 valence electrons. The Kier molecular flexibility index (Phi) is 5.02. The van der Waals surface area contributed by atoms with Crippen LogP contribution in [-0.2, 0) is 11.3 Å². The molecule has 1 rings (SSSR count). The number of benzene rings is 1. The Morgan fingerprint density at radius 2 is 1.88 bits per heavy atom. The summed E-state index contributed by atoms with van der Waals surface area (Å²) in [5.74, 6) is 0.00690. The first-order valence-corrected chi connectivity index (χ1v) is 6.76. The van der Waals surface area contributed by atoms with E-state index >= 15 is 0 Å². The number of nitrogens with one attached hydrogen (secondary N) is 1. The fraction of sp³-hybridized carbons (Fsp3) is 0.462. The van der Waals surface area contributed by atoms with Crippen LogP contribution in [0.2, 0.25) is 5.02 Å². The number of carbonyl (C=O) groups is 1. The van der Waals surface area contributed by atoms with Gasteiger partial charge in [-0.15, -0.1) is 0 Å². The molecule has 0 radical (unpaired) electrons. The second kappa shape index (κ2) is 5.87. The van der Waals surface area contributed by atoms with Gasteiger partial charge in [0.1, 0.15) is 0 Å². The van der Waals surface area contributed by atoms with Crippen molar-refractivity contribution in [3.05, 3.63) is 34.9 Å². The predicted molar refractivity (Wildman–Crippen MR) is 75.5 cm³/mol. The van der Waals surface area contributed by atoms with Crippen molar-refractivity contribution >= 4 is 33.4 Å². The van der Waals surface area contributed by atoms with E-state index in [1.165, 1.54) is 0 Å². The largest absolute Gasteiger partial charge is 0.351 e. The molecule has 4 heteroatoms. The van der Waals surface area contributed by atoms with E-state index in [0.717, 1.165) is 5.56 Å². The molecule has 0 aliphatic rings. The maximum Gasteiger partial charge on any atom is 0.234 e. The Balaban J connectivity index is 2.51. The topological polar surface area (TPSA) is 29.1 Å². The van der Waals surface area contributed by atoms with E-state index < -0.39 is 0 Å². The Morgan fingerprint density at radius 3 is 2.35 bits per heavy atom.